The smallest absolute Gasteiger partial charge is 0.0101 e. The van der Waals surface area contributed by atoms with Crippen molar-refractivity contribution in [3.8, 4) is 0 Å². The summed E-state index contributed by atoms with van der Waals surface area (Å²) in [7, 11) is 0. The molecule has 1 saturated carbocycles. The molecule has 0 radical (unpaired) electrons. The predicted octanol–water partition coefficient (Wildman–Crippen LogP) is 4.52. The molecule has 0 aromatic heterocycles. The third-order valence-corrected chi connectivity index (χ3v) is 5.51. The van der Waals surface area contributed by atoms with Crippen LogP contribution in [0.4, 0.5) is 0 Å². The van der Waals surface area contributed by atoms with Gasteiger partial charge in [-0.15, -0.1) is 0 Å². The van der Waals surface area contributed by atoms with Crippen LogP contribution in [0.2, 0.25) is 0 Å². The van der Waals surface area contributed by atoms with Gasteiger partial charge in [0.05, 0.1) is 0 Å². The van der Waals surface area contributed by atoms with Gasteiger partial charge in [0.15, 0.2) is 0 Å². The van der Waals surface area contributed by atoms with Crippen molar-refractivity contribution in [1.29, 1.82) is 0 Å². The van der Waals surface area contributed by atoms with Gasteiger partial charge < -0.3 is 5.32 Å². The molecule has 1 aromatic rings. The zero-order valence-corrected chi connectivity index (χ0v) is 13.1. The fourth-order valence-electron chi connectivity index (χ4n) is 4.43. The first kappa shape index (κ1) is 14.1. The molecule has 1 aromatic carbocycles. The van der Waals surface area contributed by atoms with E-state index in [0.717, 1.165) is 30.3 Å². The molecule has 0 bridgehead atoms. The van der Waals surface area contributed by atoms with Crippen LogP contribution in [-0.4, -0.2) is 12.6 Å². The number of hydrogen-bond acceptors (Lipinski definition) is 1. The monoisotopic (exact) mass is 271 g/mol. The molecule has 4 unspecified atom stereocenters. The maximum atomic E-state index is 3.80. The van der Waals surface area contributed by atoms with Crippen LogP contribution in [0.25, 0.3) is 0 Å². The van der Waals surface area contributed by atoms with E-state index < -0.39 is 0 Å². The van der Waals surface area contributed by atoms with Crippen molar-refractivity contribution in [3.05, 3.63) is 35.4 Å². The number of nitrogens with one attached hydrogen (secondary N) is 1. The quantitative estimate of drug-likeness (QED) is 0.830. The van der Waals surface area contributed by atoms with E-state index in [-0.39, 0.29) is 0 Å². The van der Waals surface area contributed by atoms with Gasteiger partial charge in [-0.25, -0.2) is 0 Å². The lowest BCUT2D eigenvalue weighted by Gasteiger charge is -2.39. The van der Waals surface area contributed by atoms with Crippen molar-refractivity contribution < 1.29 is 0 Å². The zero-order chi connectivity index (χ0) is 13.9. The van der Waals surface area contributed by atoms with Crippen LogP contribution >= 0.6 is 0 Å². The highest BCUT2D eigenvalue weighted by atomic mass is 14.9. The van der Waals surface area contributed by atoms with Crippen molar-refractivity contribution in [2.75, 3.05) is 6.54 Å². The van der Waals surface area contributed by atoms with E-state index in [2.05, 4.69) is 43.4 Å². The molecule has 0 aliphatic heterocycles. The number of benzene rings is 1. The molecule has 2 aliphatic carbocycles. The average Bonchev–Trinajstić information content (AvgIpc) is 2.43. The first-order chi connectivity index (χ1) is 9.78. The highest BCUT2D eigenvalue weighted by molar-refractivity contribution is 5.39. The minimum atomic E-state index is 0.737. The minimum Gasteiger partial charge on any atom is -0.314 e. The van der Waals surface area contributed by atoms with Gasteiger partial charge in [0.1, 0.15) is 0 Å². The van der Waals surface area contributed by atoms with Gasteiger partial charge in [0, 0.05) is 6.04 Å². The van der Waals surface area contributed by atoms with Gasteiger partial charge >= 0.3 is 0 Å². The molecular formula is C19H29N. The largest absolute Gasteiger partial charge is 0.314 e. The summed E-state index contributed by atoms with van der Waals surface area (Å²) in [5, 5.41) is 3.80. The number of fused-ring (bicyclic) bond motifs is 1. The van der Waals surface area contributed by atoms with Crippen molar-refractivity contribution >= 4 is 0 Å². The van der Waals surface area contributed by atoms with E-state index in [0.29, 0.717) is 0 Å². The Morgan fingerprint density at radius 1 is 1.25 bits per heavy atom. The summed E-state index contributed by atoms with van der Waals surface area (Å²) in [6, 6.07) is 9.77. The fourth-order valence-corrected chi connectivity index (χ4v) is 4.43. The van der Waals surface area contributed by atoms with Crippen LogP contribution in [0.1, 0.15) is 63.0 Å². The standard InChI is InChI=1S/C19H29N/c1-3-20-19(16-9-6-7-14(2)11-16)13-17-12-15-8-4-5-10-18(15)17/h4-5,8,10,14,16-17,19-20H,3,6-7,9,11-13H2,1-2H3. The van der Waals surface area contributed by atoms with Crippen LogP contribution in [0.5, 0.6) is 0 Å². The summed E-state index contributed by atoms with van der Waals surface area (Å²) in [6.07, 6.45) is 8.42. The highest BCUT2D eigenvalue weighted by Crippen LogP contribution is 2.41. The maximum absolute atomic E-state index is 3.80. The molecule has 0 heterocycles. The van der Waals surface area contributed by atoms with E-state index in [1.807, 2.05) is 0 Å². The first-order valence-electron chi connectivity index (χ1n) is 8.59. The topological polar surface area (TPSA) is 12.0 Å². The molecule has 0 spiro atoms. The summed E-state index contributed by atoms with van der Waals surface area (Å²) in [5.41, 5.74) is 3.21. The second-order valence-corrected chi connectivity index (χ2v) is 7.03. The van der Waals surface area contributed by atoms with Crippen molar-refractivity contribution in [1.82, 2.24) is 5.32 Å². The SMILES string of the molecule is CCNC(CC1Cc2ccccc21)C1CCCC(C)C1. The number of rotatable bonds is 5. The molecule has 2 aliphatic rings. The zero-order valence-electron chi connectivity index (χ0n) is 13.1. The predicted molar refractivity (Wildman–Crippen MR) is 86.1 cm³/mol. The summed E-state index contributed by atoms with van der Waals surface area (Å²) in [6.45, 7) is 5.81. The highest BCUT2D eigenvalue weighted by Gasteiger charge is 2.32. The maximum Gasteiger partial charge on any atom is 0.0101 e. The van der Waals surface area contributed by atoms with Crippen molar-refractivity contribution in [2.24, 2.45) is 11.8 Å². The molecule has 0 amide bonds. The van der Waals surface area contributed by atoms with Crippen LogP contribution in [0, 0.1) is 11.8 Å². The fraction of sp³-hybridized carbons (Fsp3) is 0.684. The van der Waals surface area contributed by atoms with E-state index >= 15 is 0 Å². The van der Waals surface area contributed by atoms with Gasteiger partial charge in [-0.05, 0) is 61.1 Å². The third-order valence-electron chi connectivity index (χ3n) is 5.51. The summed E-state index contributed by atoms with van der Waals surface area (Å²) in [4.78, 5) is 0. The van der Waals surface area contributed by atoms with Crippen LogP contribution in [-0.2, 0) is 6.42 Å². The summed E-state index contributed by atoms with van der Waals surface area (Å²) in [5.74, 6) is 2.66. The van der Waals surface area contributed by atoms with Gasteiger partial charge in [0.25, 0.3) is 0 Å². The lowest BCUT2D eigenvalue weighted by atomic mass is 9.70. The Bertz CT molecular complexity index is 439. The van der Waals surface area contributed by atoms with Gasteiger partial charge in [-0.1, -0.05) is 51.0 Å². The van der Waals surface area contributed by atoms with E-state index in [1.165, 1.54) is 38.5 Å². The Balaban J connectivity index is 1.63. The average molecular weight is 271 g/mol. The van der Waals surface area contributed by atoms with Crippen molar-refractivity contribution in [2.45, 2.75) is 64.3 Å². The van der Waals surface area contributed by atoms with E-state index in [1.54, 1.807) is 11.1 Å². The normalized spacial score (nSPS) is 30.4. The molecule has 1 nitrogen and oxygen atoms in total. The lowest BCUT2D eigenvalue weighted by molar-refractivity contribution is 0.207. The van der Waals surface area contributed by atoms with Gasteiger partial charge in [0.2, 0.25) is 0 Å². The van der Waals surface area contributed by atoms with E-state index in [4.69, 9.17) is 0 Å². The minimum absolute atomic E-state index is 0.737. The second kappa shape index (κ2) is 6.30. The molecule has 1 N–H and O–H groups in total. The van der Waals surface area contributed by atoms with Crippen LogP contribution < -0.4 is 5.32 Å². The Hall–Kier alpha value is -0.820. The second-order valence-electron chi connectivity index (χ2n) is 7.03. The lowest BCUT2D eigenvalue weighted by Crippen LogP contribution is -2.40. The van der Waals surface area contributed by atoms with Crippen molar-refractivity contribution in [3.63, 3.8) is 0 Å². The Morgan fingerprint density at radius 2 is 2.10 bits per heavy atom. The summed E-state index contributed by atoms with van der Waals surface area (Å²) >= 11 is 0. The molecule has 1 heteroatoms. The van der Waals surface area contributed by atoms with Crippen LogP contribution in [0.3, 0.4) is 0 Å². The first-order valence-corrected chi connectivity index (χ1v) is 8.59. The molecule has 4 atom stereocenters. The summed E-state index contributed by atoms with van der Waals surface area (Å²) < 4.78 is 0. The van der Waals surface area contributed by atoms with Gasteiger partial charge in [-0.2, -0.15) is 0 Å². The molecule has 1 fully saturated rings. The molecule has 3 rings (SSSR count). The molecule has 0 saturated heterocycles. The van der Waals surface area contributed by atoms with E-state index in [9.17, 15) is 0 Å². The van der Waals surface area contributed by atoms with Crippen LogP contribution in [0.15, 0.2) is 24.3 Å². The Morgan fingerprint density at radius 3 is 2.85 bits per heavy atom. The molecular weight excluding hydrogens is 242 g/mol. The Labute approximate surface area is 124 Å². The number of hydrogen-bond donors (Lipinski definition) is 1. The molecule has 110 valence electrons. The Kier molecular flexibility index (Phi) is 4.45. The van der Waals surface area contributed by atoms with Gasteiger partial charge in [-0.3, -0.25) is 0 Å². The third kappa shape index (κ3) is 2.93. The molecule has 20 heavy (non-hydrogen) atoms.